The zero-order valence-corrected chi connectivity index (χ0v) is 8.64. The number of nitrogen functional groups attached to an aromatic ring is 1. The average Bonchev–Trinajstić information content (AvgIpc) is 2.67. The molecule has 3 N–H and O–H groups in total. The Kier molecular flexibility index (Phi) is 2.47. The second-order valence-corrected chi connectivity index (χ2v) is 3.91. The normalized spacial score (nSPS) is 10.1. The van der Waals surface area contributed by atoms with Crippen molar-refractivity contribution in [3.8, 4) is 11.3 Å². The van der Waals surface area contributed by atoms with Crippen LogP contribution in [0.5, 0.6) is 0 Å². The molecule has 0 aliphatic carbocycles. The van der Waals surface area contributed by atoms with Gasteiger partial charge in [-0.3, -0.25) is 5.43 Å². The van der Waals surface area contributed by atoms with Crippen LogP contribution < -0.4 is 11.3 Å². The molecule has 0 bridgehead atoms. The third kappa shape index (κ3) is 1.76. The van der Waals surface area contributed by atoms with E-state index in [2.05, 4.69) is 41.6 Å². The molecule has 0 aliphatic rings. The van der Waals surface area contributed by atoms with Gasteiger partial charge < -0.3 is 0 Å². The van der Waals surface area contributed by atoms with E-state index in [0.29, 0.717) is 0 Å². The second-order valence-electron chi connectivity index (χ2n) is 3.05. The topological polar surface area (TPSA) is 50.9 Å². The molecule has 2 aromatic rings. The zero-order chi connectivity index (χ0) is 9.97. The average molecular weight is 205 g/mol. The summed E-state index contributed by atoms with van der Waals surface area (Å²) in [5.74, 6) is 5.26. The Bertz CT molecular complexity index is 419. The molecule has 1 aromatic heterocycles. The third-order valence-corrected chi connectivity index (χ3v) is 2.75. The van der Waals surface area contributed by atoms with Crippen molar-refractivity contribution in [3.05, 3.63) is 35.2 Å². The van der Waals surface area contributed by atoms with Crippen molar-refractivity contribution in [2.75, 3.05) is 5.43 Å². The van der Waals surface area contributed by atoms with E-state index in [1.54, 1.807) is 0 Å². The minimum Gasteiger partial charge on any atom is -0.300 e. The van der Waals surface area contributed by atoms with Gasteiger partial charge in [-0.2, -0.15) is 0 Å². The maximum absolute atomic E-state index is 5.26. The van der Waals surface area contributed by atoms with Crippen LogP contribution in [0.3, 0.4) is 0 Å². The summed E-state index contributed by atoms with van der Waals surface area (Å²) in [6.07, 6.45) is 0. The molecule has 0 spiro atoms. The summed E-state index contributed by atoms with van der Waals surface area (Å²) in [7, 11) is 0. The van der Waals surface area contributed by atoms with Crippen LogP contribution in [0.1, 0.15) is 5.56 Å². The largest absolute Gasteiger partial charge is 0.300 e. The molecular weight excluding hydrogens is 194 g/mol. The number of aryl methyl sites for hydroxylation is 1. The molecule has 0 amide bonds. The van der Waals surface area contributed by atoms with Crippen LogP contribution in [0.15, 0.2) is 29.6 Å². The van der Waals surface area contributed by atoms with E-state index in [1.807, 2.05) is 5.38 Å². The van der Waals surface area contributed by atoms with E-state index in [4.69, 9.17) is 5.84 Å². The summed E-state index contributed by atoms with van der Waals surface area (Å²) in [5.41, 5.74) is 5.87. The van der Waals surface area contributed by atoms with Gasteiger partial charge in [0.05, 0.1) is 5.69 Å². The van der Waals surface area contributed by atoms with Gasteiger partial charge in [-0.25, -0.2) is 10.8 Å². The van der Waals surface area contributed by atoms with Crippen LogP contribution >= 0.6 is 11.3 Å². The highest BCUT2D eigenvalue weighted by Gasteiger charge is 2.02. The van der Waals surface area contributed by atoms with Gasteiger partial charge in [0.1, 0.15) is 0 Å². The molecule has 0 saturated heterocycles. The molecule has 14 heavy (non-hydrogen) atoms. The molecule has 0 saturated carbocycles. The number of anilines is 1. The smallest absolute Gasteiger partial charge is 0.197 e. The fourth-order valence-corrected chi connectivity index (χ4v) is 1.83. The number of thiazole rings is 1. The Morgan fingerprint density at radius 2 is 2.00 bits per heavy atom. The highest BCUT2D eigenvalue weighted by Crippen LogP contribution is 2.24. The van der Waals surface area contributed by atoms with Gasteiger partial charge in [0.2, 0.25) is 0 Å². The van der Waals surface area contributed by atoms with Gasteiger partial charge in [-0.1, -0.05) is 29.8 Å². The molecule has 0 aliphatic heterocycles. The summed E-state index contributed by atoms with van der Waals surface area (Å²) in [6, 6.07) is 8.27. The zero-order valence-electron chi connectivity index (χ0n) is 7.82. The van der Waals surface area contributed by atoms with Crippen molar-refractivity contribution in [1.82, 2.24) is 4.98 Å². The van der Waals surface area contributed by atoms with Crippen molar-refractivity contribution >= 4 is 16.5 Å². The lowest BCUT2D eigenvalue weighted by Gasteiger charge is -1.96. The summed E-state index contributed by atoms with van der Waals surface area (Å²) in [6.45, 7) is 2.07. The maximum atomic E-state index is 5.26. The number of benzene rings is 1. The molecule has 2 rings (SSSR count). The summed E-state index contributed by atoms with van der Waals surface area (Å²) in [4.78, 5) is 4.31. The first-order chi connectivity index (χ1) is 6.79. The lowest BCUT2D eigenvalue weighted by molar-refractivity contribution is 1.29. The van der Waals surface area contributed by atoms with Crippen LogP contribution in [-0.4, -0.2) is 4.98 Å². The number of nitrogens with two attached hydrogens (primary N) is 1. The second kappa shape index (κ2) is 3.77. The maximum Gasteiger partial charge on any atom is 0.197 e. The van der Waals surface area contributed by atoms with Crippen LogP contribution in [0.2, 0.25) is 0 Å². The molecular formula is C10H11N3S. The van der Waals surface area contributed by atoms with Crippen molar-refractivity contribution in [1.29, 1.82) is 0 Å². The number of aromatic nitrogens is 1. The molecule has 0 fully saturated rings. The van der Waals surface area contributed by atoms with Gasteiger partial charge in [0, 0.05) is 10.9 Å². The van der Waals surface area contributed by atoms with Crippen LogP contribution in [0.4, 0.5) is 5.13 Å². The standard InChI is InChI=1S/C10H11N3S/c1-7-2-4-8(5-3-7)9-6-14-10(12-9)13-11/h2-6H,11H2,1H3,(H,12,13). The Balaban J connectivity index is 2.34. The molecule has 0 unspecified atom stereocenters. The molecule has 72 valence electrons. The number of hydrogen-bond acceptors (Lipinski definition) is 4. The van der Waals surface area contributed by atoms with Crippen LogP contribution in [-0.2, 0) is 0 Å². The Hall–Kier alpha value is -1.39. The number of hydrazine groups is 1. The SMILES string of the molecule is Cc1ccc(-c2csc(NN)n2)cc1. The fourth-order valence-electron chi connectivity index (χ4n) is 1.20. The first-order valence-electron chi connectivity index (χ1n) is 4.29. The Morgan fingerprint density at radius 1 is 1.29 bits per heavy atom. The molecule has 3 nitrogen and oxygen atoms in total. The summed E-state index contributed by atoms with van der Waals surface area (Å²) < 4.78 is 0. The lowest BCUT2D eigenvalue weighted by atomic mass is 10.1. The molecule has 0 radical (unpaired) electrons. The summed E-state index contributed by atoms with van der Waals surface area (Å²) in [5, 5.41) is 2.72. The molecule has 1 aromatic carbocycles. The summed E-state index contributed by atoms with van der Waals surface area (Å²) >= 11 is 1.50. The minimum absolute atomic E-state index is 0.737. The van der Waals surface area contributed by atoms with Gasteiger partial charge in [0.25, 0.3) is 0 Å². The lowest BCUT2D eigenvalue weighted by Crippen LogP contribution is -2.05. The van der Waals surface area contributed by atoms with Crippen molar-refractivity contribution in [2.45, 2.75) is 6.92 Å². The van der Waals surface area contributed by atoms with Gasteiger partial charge in [-0.05, 0) is 6.92 Å². The van der Waals surface area contributed by atoms with Crippen LogP contribution in [0.25, 0.3) is 11.3 Å². The fraction of sp³-hybridized carbons (Fsp3) is 0.100. The van der Waals surface area contributed by atoms with Crippen molar-refractivity contribution < 1.29 is 0 Å². The highest BCUT2D eigenvalue weighted by atomic mass is 32.1. The van der Waals surface area contributed by atoms with E-state index >= 15 is 0 Å². The number of rotatable bonds is 2. The number of hydrogen-bond donors (Lipinski definition) is 2. The van der Waals surface area contributed by atoms with Crippen molar-refractivity contribution in [2.24, 2.45) is 5.84 Å². The predicted molar refractivity (Wildman–Crippen MR) is 60.1 cm³/mol. The van der Waals surface area contributed by atoms with Gasteiger partial charge in [0.15, 0.2) is 5.13 Å². The third-order valence-electron chi connectivity index (χ3n) is 1.97. The monoisotopic (exact) mass is 205 g/mol. The van der Waals surface area contributed by atoms with E-state index in [9.17, 15) is 0 Å². The Labute approximate surface area is 86.6 Å². The van der Waals surface area contributed by atoms with E-state index in [0.717, 1.165) is 16.4 Å². The Morgan fingerprint density at radius 3 is 2.57 bits per heavy atom. The molecule has 4 heteroatoms. The minimum atomic E-state index is 0.737. The van der Waals surface area contributed by atoms with Crippen molar-refractivity contribution in [3.63, 3.8) is 0 Å². The van der Waals surface area contributed by atoms with E-state index in [1.165, 1.54) is 16.9 Å². The van der Waals surface area contributed by atoms with Gasteiger partial charge in [-0.15, -0.1) is 11.3 Å². The quantitative estimate of drug-likeness (QED) is 0.584. The van der Waals surface area contributed by atoms with Crippen LogP contribution in [0, 0.1) is 6.92 Å². The predicted octanol–water partition coefficient (Wildman–Crippen LogP) is 2.40. The van der Waals surface area contributed by atoms with E-state index < -0.39 is 0 Å². The highest BCUT2D eigenvalue weighted by molar-refractivity contribution is 7.14. The van der Waals surface area contributed by atoms with Gasteiger partial charge >= 0.3 is 0 Å². The van der Waals surface area contributed by atoms with E-state index in [-0.39, 0.29) is 0 Å². The first-order valence-corrected chi connectivity index (χ1v) is 5.17. The number of nitrogens with zero attached hydrogens (tertiary/aromatic N) is 1. The first kappa shape index (κ1) is 9.18. The molecule has 1 heterocycles. The molecule has 0 atom stereocenters. The number of nitrogens with one attached hydrogen (secondary N) is 1.